The normalized spacial score (nSPS) is 18.7. The zero-order valence-corrected chi connectivity index (χ0v) is 12.1. The molecule has 20 heavy (non-hydrogen) atoms. The number of carbonyl (C=O) groups is 2. The molecule has 0 spiro atoms. The molecule has 0 aliphatic carbocycles. The summed E-state index contributed by atoms with van der Waals surface area (Å²) in [5.41, 5.74) is 1.81. The van der Waals surface area contributed by atoms with Crippen molar-refractivity contribution in [2.45, 2.75) is 26.7 Å². The summed E-state index contributed by atoms with van der Waals surface area (Å²) < 4.78 is 5.05. The number of piperidine rings is 1. The molecular weight excluding hydrogens is 254 g/mol. The third-order valence-electron chi connectivity index (χ3n) is 3.63. The van der Waals surface area contributed by atoms with E-state index in [0.29, 0.717) is 25.3 Å². The number of hydrogen-bond acceptors (Lipinski definition) is 3. The van der Waals surface area contributed by atoms with Crippen molar-refractivity contribution in [1.82, 2.24) is 4.90 Å². The Bertz CT molecular complexity index is 481. The summed E-state index contributed by atoms with van der Waals surface area (Å²) in [7, 11) is 0. The molecule has 4 heteroatoms. The summed E-state index contributed by atoms with van der Waals surface area (Å²) in [6, 6.07) is 7.54. The van der Waals surface area contributed by atoms with E-state index < -0.39 is 0 Å². The van der Waals surface area contributed by atoms with Crippen LogP contribution in [0.3, 0.4) is 0 Å². The number of likely N-dealkylation sites (tertiary alicyclic amines) is 1. The number of ether oxygens (including phenoxy) is 1. The fraction of sp³-hybridized carbons (Fsp3) is 0.500. The smallest absolute Gasteiger partial charge is 0.310 e. The summed E-state index contributed by atoms with van der Waals surface area (Å²) >= 11 is 0. The molecule has 108 valence electrons. The molecule has 1 heterocycles. The molecule has 0 aromatic heterocycles. The maximum absolute atomic E-state index is 12.4. The van der Waals surface area contributed by atoms with Crippen LogP contribution in [0.1, 0.15) is 35.7 Å². The summed E-state index contributed by atoms with van der Waals surface area (Å²) in [5.74, 6) is -0.369. The van der Waals surface area contributed by atoms with Gasteiger partial charge in [0.15, 0.2) is 0 Å². The van der Waals surface area contributed by atoms with Crippen molar-refractivity contribution >= 4 is 11.9 Å². The van der Waals surface area contributed by atoms with E-state index >= 15 is 0 Å². The molecular formula is C16H21NO3. The van der Waals surface area contributed by atoms with E-state index in [4.69, 9.17) is 4.74 Å². The molecule has 0 bridgehead atoms. The lowest BCUT2D eigenvalue weighted by molar-refractivity contribution is -0.149. The number of hydrogen-bond donors (Lipinski definition) is 0. The van der Waals surface area contributed by atoms with Crippen molar-refractivity contribution in [2.75, 3.05) is 19.7 Å². The molecule has 4 nitrogen and oxygen atoms in total. The Labute approximate surface area is 119 Å². The molecule has 1 aliphatic heterocycles. The van der Waals surface area contributed by atoms with E-state index in [1.807, 2.05) is 31.2 Å². The number of benzene rings is 1. The van der Waals surface area contributed by atoms with Gasteiger partial charge in [-0.1, -0.05) is 17.7 Å². The highest BCUT2D eigenvalue weighted by Crippen LogP contribution is 2.20. The number of nitrogens with zero attached hydrogens (tertiary/aromatic N) is 1. The minimum absolute atomic E-state index is 0.000927. The van der Waals surface area contributed by atoms with Crippen molar-refractivity contribution in [1.29, 1.82) is 0 Å². The van der Waals surface area contributed by atoms with Gasteiger partial charge in [0.1, 0.15) is 0 Å². The van der Waals surface area contributed by atoms with Gasteiger partial charge >= 0.3 is 5.97 Å². The van der Waals surface area contributed by atoms with E-state index in [2.05, 4.69) is 0 Å². The standard InChI is InChI=1S/C16H21NO3/c1-3-20-16(19)14-5-4-10-17(11-14)15(18)13-8-6-12(2)7-9-13/h6-9,14H,3-5,10-11H2,1-2H3. The predicted octanol–water partition coefficient (Wildman–Crippen LogP) is 2.41. The van der Waals surface area contributed by atoms with Crippen LogP contribution in [0.15, 0.2) is 24.3 Å². The van der Waals surface area contributed by atoms with E-state index in [9.17, 15) is 9.59 Å². The van der Waals surface area contributed by atoms with Crippen LogP contribution in [-0.2, 0) is 9.53 Å². The van der Waals surface area contributed by atoms with Crippen LogP contribution in [0, 0.1) is 12.8 Å². The second-order valence-electron chi connectivity index (χ2n) is 5.21. The Morgan fingerprint density at radius 2 is 2.00 bits per heavy atom. The minimum Gasteiger partial charge on any atom is -0.466 e. The van der Waals surface area contributed by atoms with Gasteiger partial charge in [0.25, 0.3) is 5.91 Å². The van der Waals surface area contributed by atoms with E-state index in [-0.39, 0.29) is 17.8 Å². The van der Waals surface area contributed by atoms with Crippen molar-refractivity contribution in [2.24, 2.45) is 5.92 Å². The average Bonchev–Trinajstić information content (AvgIpc) is 2.48. The molecule has 1 aromatic carbocycles. The van der Waals surface area contributed by atoms with E-state index in [1.165, 1.54) is 0 Å². The topological polar surface area (TPSA) is 46.6 Å². The Kier molecular flexibility index (Phi) is 4.77. The molecule has 0 radical (unpaired) electrons. The van der Waals surface area contributed by atoms with Crippen LogP contribution in [0.25, 0.3) is 0 Å². The summed E-state index contributed by atoms with van der Waals surface area (Å²) in [5, 5.41) is 0. The molecule has 1 amide bonds. The lowest BCUT2D eigenvalue weighted by atomic mass is 9.97. The van der Waals surface area contributed by atoms with Crippen LogP contribution < -0.4 is 0 Å². The predicted molar refractivity (Wildman–Crippen MR) is 76.4 cm³/mol. The molecule has 0 N–H and O–H groups in total. The average molecular weight is 275 g/mol. The van der Waals surface area contributed by atoms with Gasteiger partial charge in [-0.2, -0.15) is 0 Å². The Balaban J connectivity index is 2.03. The molecule has 1 atom stereocenters. The van der Waals surface area contributed by atoms with Crippen molar-refractivity contribution in [3.8, 4) is 0 Å². The number of carbonyl (C=O) groups excluding carboxylic acids is 2. The third-order valence-corrected chi connectivity index (χ3v) is 3.63. The van der Waals surface area contributed by atoms with Crippen molar-refractivity contribution in [3.05, 3.63) is 35.4 Å². The third kappa shape index (κ3) is 3.38. The van der Waals surface area contributed by atoms with Crippen LogP contribution in [0.2, 0.25) is 0 Å². The Hall–Kier alpha value is -1.84. The lowest BCUT2D eigenvalue weighted by Crippen LogP contribution is -2.42. The maximum atomic E-state index is 12.4. The van der Waals surface area contributed by atoms with Crippen LogP contribution in [0.4, 0.5) is 0 Å². The first-order valence-electron chi connectivity index (χ1n) is 7.14. The molecule has 0 saturated carbocycles. The van der Waals surface area contributed by atoms with Gasteiger partial charge in [0, 0.05) is 18.7 Å². The van der Waals surface area contributed by atoms with E-state index in [0.717, 1.165) is 18.4 Å². The highest BCUT2D eigenvalue weighted by molar-refractivity contribution is 5.94. The molecule has 1 unspecified atom stereocenters. The minimum atomic E-state index is -0.186. The Morgan fingerprint density at radius 3 is 2.65 bits per heavy atom. The van der Waals surface area contributed by atoms with Gasteiger partial charge in [-0.15, -0.1) is 0 Å². The van der Waals surface area contributed by atoms with Gasteiger partial charge in [0.2, 0.25) is 0 Å². The first kappa shape index (κ1) is 14.6. The van der Waals surface area contributed by atoms with E-state index in [1.54, 1.807) is 11.8 Å². The van der Waals surface area contributed by atoms with Crippen LogP contribution >= 0.6 is 0 Å². The zero-order chi connectivity index (χ0) is 14.5. The maximum Gasteiger partial charge on any atom is 0.310 e. The van der Waals surface area contributed by atoms with Crippen LogP contribution in [-0.4, -0.2) is 36.5 Å². The highest BCUT2D eigenvalue weighted by Gasteiger charge is 2.29. The quantitative estimate of drug-likeness (QED) is 0.796. The number of rotatable bonds is 3. The molecule has 2 rings (SSSR count). The van der Waals surface area contributed by atoms with Gasteiger partial charge < -0.3 is 9.64 Å². The summed E-state index contributed by atoms with van der Waals surface area (Å²) in [6.07, 6.45) is 1.65. The molecule has 1 fully saturated rings. The van der Waals surface area contributed by atoms with Gasteiger partial charge in [-0.05, 0) is 38.8 Å². The highest BCUT2D eigenvalue weighted by atomic mass is 16.5. The number of esters is 1. The SMILES string of the molecule is CCOC(=O)C1CCCN(C(=O)c2ccc(C)cc2)C1. The second kappa shape index (κ2) is 6.55. The fourth-order valence-electron chi connectivity index (χ4n) is 2.49. The van der Waals surface area contributed by atoms with Crippen molar-refractivity contribution < 1.29 is 14.3 Å². The number of aryl methyl sites for hydroxylation is 1. The fourth-order valence-corrected chi connectivity index (χ4v) is 2.49. The first-order chi connectivity index (χ1) is 9.61. The molecule has 1 aromatic rings. The Morgan fingerprint density at radius 1 is 1.30 bits per heavy atom. The molecule has 1 saturated heterocycles. The monoisotopic (exact) mass is 275 g/mol. The number of amides is 1. The van der Waals surface area contributed by atoms with Crippen molar-refractivity contribution in [3.63, 3.8) is 0 Å². The lowest BCUT2D eigenvalue weighted by Gasteiger charge is -2.31. The molecule has 1 aliphatic rings. The van der Waals surface area contributed by atoms with Gasteiger partial charge in [-0.25, -0.2) is 0 Å². The zero-order valence-electron chi connectivity index (χ0n) is 12.1. The largest absolute Gasteiger partial charge is 0.466 e. The summed E-state index contributed by atoms with van der Waals surface area (Å²) in [4.78, 5) is 26.0. The van der Waals surface area contributed by atoms with Gasteiger partial charge in [-0.3, -0.25) is 9.59 Å². The second-order valence-corrected chi connectivity index (χ2v) is 5.21. The summed E-state index contributed by atoms with van der Waals surface area (Å²) in [6.45, 7) is 5.36. The van der Waals surface area contributed by atoms with Crippen LogP contribution in [0.5, 0.6) is 0 Å². The van der Waals surface area contributed by atoms with Gasteiger partial charge in [0.05, 0.1) is 12.5 Å². The first-order valence-corrected chi connectivity index (χ1v) is 7.14.